The molecule has 1 aliphatic heterocycles. The molecule has 2 fully saturated rings. The minimum atomic E-state index is -2.26. The maximum absolute atomic E-state index is 13.0. The first-order chi connectivity index (χ1) is 19.5. The quantitative estimate of drug-likeness (QED) is 0.357. The summed E-state index contributed by atoms with van der Waals surface area (Å²) in [6, 6.07) is 0. The molecule has 3 aliphatic rings. The van der Waals surface area contributed by atoms with Gasteiger partial charge in [-0.05, 0) is 25.8 Å². The molecular formula is C29H40O13. The van der Waals surface area contributed by atoms with Crippen molar-refractivity contribution < 1.29 is 62.3 Å². The molecule has 0 aromatic heterocycles. The van der Waals surface area contributed by atoms with E-state index in [1.165, 1.54) is 33.8 Å². The van der Waals surface area contributed by atoms with Crippen LogP contribution in [-0.2, 0) is 57.2 Å². The van der Waals surface area contributed by atoms with Gasteiger partial charge in [0.05, 0.1) is 13.0 Å². The average molecular weight is 597 g/mol. The maximum Gasteiger partial charge on any atom is 0.333 e. The predicted octanol–water partition coefficient (Wildman–Crippen LogP) is 1.56. The number of esters is 6. The number of fused-ring (bicyclic) bond motifs is 2. The zero-order valence-corrected chi connectivity index (χ0v) is 25.2. The van der Waals surface area contributed by atoms with Gasteiger partial charge >= 0.3 is 35.8 Å². The largest absolute Gasteiger partial charge is 0.466 e. The van der Waals surface area contributed by atoms with Crippen LogP contribution in [0.3, 0.4) is 0 Å². The van der Waals surface area contributed by atoms with Crippen LogP contribution in [0.1, 0.15) is 67.7 Å². The van der Waals surface area contributed by atoms with E-state index in [9.17, 15) is 33.9 Å². The lowest BCUT2D eigenvalue weighted by atomic mass is 9.52. The van der Waals surface area contributed by atoms with Gasteiger partial charge in [-0.25, -0.2) is 4.79 Å². The summed E-state index contributed by atoms with van der Waals surface area (Å²) >= 11 is 0. The van der Waals surface area contributed by atoms with E-state index >= 15 is 0 Å². The minimum absolute atomic E-state index is 0.00950. The molecule has 0 amide bonds. The van der Waals surface area contributed by atoms with Crippen molar-refractivity contribution in [2.24, 2.45) is 23.2 Å². The van der Waals surface area contributed by atoms with Crippen LogP contribution < -0.4 is 0 Å². The van der Waals surface area contributed by atoms with Crippen LogP contribution in [0, 0.1) is 23.2 Å². The molecule has 13 heteroatoms. The third-order valence-electron chi connectivity index (χ3n) is 8.94. The van der Waals surface area contributed by atoms with Gasteiger partial charge in [-0.3, -0.25) is 24.0 Å². The van der Waals surface area contributed by atoms with Crippen molar-refractivity contribution in [2.45, 2.75) is 104 Å². The normalized spacial score (nSPS) is 37.9. The number of hydrogen-bond acceptors (Lipinski definition) is 13. The van der Waals surface area contributed by atoms with Crippen LogP contribution in [0.25, 0.3) is 0 Å². The van der Waals surface area contributed by atoms with Gasteiger partial charge in [-0.1, -0.05) is 13.8 Å². The van der Waals surface area contributed by atoms with E-state index in [1.807, 2.05) is 0 Å². The summed E-state index contributed by atoms with van der Waals surface area (Å²) in [5.74, 6) is -7.40. The smallest absolute Gasteiger partial charge is 0.333 e. The standard InChI is InChI=1S/C29H40O13/c1-13-20(38-15(3)30)12-22(40-17(5)32)28(7)21(39-16(4)31)10-9-19(27(35)37-8)11-23-29(36,14(2)26(34)42-23)25(24(13)28)41-18(6)33/h11,13-14,20-25,36H,9-10,12H2,1-8H3. The molecule has 1 saturated carbocycles. The van der Waals surface area contributed by atoms with Gasteiger partial charge in [0.15, 0.2) is 11.7 Å². The predicted molar refractivity (Wildman–Crippen MR) is 141 cm³/mol. The molecule has 234 valence electrons. The van der Waals surface area contributed by atoms with Gasteiger partial charge in [0.2, 0.25) is 0 Å². The molecule has 10 atom stereocenters. The first-order valence-corrected chi connectivity index (χ1v) is 13.9. The van der Waals surface area contributed by atoms with Crippen molar-refractivity contribution in [3.05, 3.63) is 11.6 Å². The summed E-state index contributed by atoms with van der Waals surface area (Å²) in [7, 11) is 1.16. The van der Waals surface area contributed by atoms with E-state index in [4.69, 9.17) is 28.4 Å². The van der Waals surface area contributed by atoms with E-state index in [0.717, 1.165) is 14.0 Å². The van der Waals surface area contributed by atoms with Crippen LogP contribution >= 0.6 is 0 Å². The number of carbonyl (C=O) groups excluding carboxylic acids is 6. The maximum atomic E-state index is 13.0. The molecule has 1 N–H and O–H groups in total. The highest BCUT2D eigenvalue weighted by Crippen LogP contribution is 2.57. The minimum Gasteiger partial charge on any atom is -0.466 e. The molecule has 0 spiro atoms. The number of ether oxygens (including phenoxy) is 6. The second kappa shape index (κ2) is 12.4. The van der Waals surface area contributed by atoms with Crippen LogP contribution in [0.4, 0.5) is 0 Å². The first-order valence-electron chi connectivity index (χ1n) is 13.9. The molecule has 1 saturated heterocycles. The summed E-state index contributed by atoms with van der Waals surface area (Å²) < 4.78 is 33.6. The fourth-order valence-corrected chi connectivity index (χ4v) is 6.98. The third-order valence-corrected chi connectivity index (χ3v) is 8.94. The summed E-state index contributed by atoms with van der Waals surface area (Å²) in [6.07, 6.45) is -4.86. The van der Waals surface area contributed by atoms with Gasteiger partial charge in [0.1, 0.15) is 24.4 Å². The summed E-state index contributed by atoms with van der Waals surface area (Å²) in [4.78, 5) is 75.5. The van der Waals surface area contributed by atoms with Crippen molar-refractivity contribution in [1.82, 2.24) is 0 Å². The highest BCUT2D eigenvalue weighted by Gasteiger charge is 2.69. The topological polar surface area (TPSA) is 178 Å². The van der Waals surface area contributed by atoms with Crippen LogP contribution in [0.15, 0.2) is 11.6 Å². The lowest BCUT2D eigenvalue weighted by Gasteiger charge is -2.58. The lowest BCUT2D eigenvalue weighted by Crippen LogP contribution is -2.69. The fourth-order valence-electron chi connectivity index (χ4n) is 6.98. The molecule has 0 bridgehead atoms. The third kappa shape index (κ3) is 6.02. The molecule has 0 aromatic rings. The van der Waals surface area contributed by atoms with E-state index in [-0.39, 0.29) is 24.8 Å². The summed E-state index contributed by atoms with van der Waals surface area (Å²) in [5, 5.41) is 12.5. The Labute approximate surface area is 244 Å². The molecule has 0 radical (unpaired) electrons. The summed E-state index contributed by atoms with van der Waals surface area (Å²) in [5.41, 5.74) is -3.66. The van der Waals surface area contributed by atoms with Gasteiger partial charge in [0, 0.05) is 56.9 Å². The van der Waals surface area contributed by atoms with E-state index in [0.29, 0.717) is 0 Å². The van der Waals surface area contributed by atoms with Crippen molar-refractivity contribution in [3.8, 4) is 0 Å². The zero-order chi connectivity index (χ0) is 31.7. The Hall–Kier alpha value is -3.48. The van der Waals surface area contributed by atoms with Crippen LogP contribution in [0.5, 0.6) is 0 Å². The van der Waals surface area contributed by atoms with Gasteiger partial charge in [-0.15, -0.1) is 0 Å². The Bertz CT molecular complexity index is 1160. The number of methoxy groups -OCH3 is 1. The second-order valence-electron chi connectivity index (χ2n) is 11.5. The molecule has 1 heterocycles. The molecule has 3 rings (SSSR count). The Balaban J connectivity index is 2.44. The summed E-state index contributed by atoms with van der Waals surface area (Å²) in [6.45, 7) is 9.50. The fraction of sp³-hybridized carbons (Fsp3) is 0.724. The Morgan fingerprint density at radius 3 is 1.98 bits per heavy atom. The zero-order valence-electron chi connectivity index (χ0n) is 25.2. The molecule has 2 aliphatic carbocycles. The van der Waals surface area contributed by atoms with Crippen molar-refractivity contribution >= 4 is 35.8 Å². The Morgan fingerprint density at radius 1 is 0.905 bits per heavy atom. The SMILES string of the molecule is COC(=O)C1=CC2OC(=O)C(C)C2(O)C(OC(C)=O)C2C(C)C(OC(C)=O)CC(OC(C)=O)C2(C)C(OC(C)=O)CC1. The first kappa shape index (κ1) is 33.0. The second-order valence-corrected chi connectivity index (χ2v) is 11.5. The van der Waals surface area contributed by atoms with E-state index < -0.39 is 95.1 Å². The highest BCUT2D eigenvalue weighted by atomic mass is 16.6. The number of rotatable bonds is 5. The molecule has 13 nitrogen and oxygen atoms in total. The molecule has 42 heavy (non-hydrogen) atoms. The van der Waals surface area contributed by atoms with Gasteiger partial charge in [-0.2, -0.15) is 0 Å². The lowest BCUT2D eigenvalue weighted by molar-refractivity contribution is -0.252. The van der Waals surface area contributed by atoms with Gasteiger partial charge < -0.3 is 33.5 Å². The number of hydrogen-bond donors (Lipinski definition) is 1. The van der Waals surface area contributed by atoms with Crippen LogP contribution in [-0.4, -0.2) is 84.2 Å². The van der Waals surface area contributed by atoms with Crippen LogP contribution in [0.2, 0.25) is 0 Å². The highest BCUT2D eigenvalue weighted by molar-refractivity contribution is 5.89. The number of aliphatic hydroxyl groups is 1. The Morgan fingerprint density at radius 2 is 1.45 bits per heavy atom. The monoisotopic (exact) mass is 596 g/mol. The van der Waals surface area contributed by atoms with Crippen molar-refractivity contribution in [2.75, 3.05) is 7.11 Å². The number of carbonyl (C=O) groups is 6. The van der Waals surface area contributed by atoms with Gasteiger partial charge in [0.25, 0.3) is 0 Å². The van der Waals surface area contributed by atoms with Crippen molar-refractivity contribution in [3.63, 3.8) is 0 Å². The van der Waals surface area contributed by atoms with E-state index in [1.54, 1.807) is 13.8 Å². The molecular weight excluding hydrogens is 556 g/mol. The molecule has 0 aromatic carbocycles. The Kier molecular flexibility index (Phi) is 9.75. The average Bonchev–Trinajstić information content (AvgIpc) is 3.09. The van der Waals surface area contributed by atoms with E-state index in [2.05, 4.69) is 0 Å². The molecule has 10 unspecified atom stereocenters. The van der Waals surface area contributed by atoms with Crippen molar-refractivity contribution in [1.29, 1.82) is 0 Å².